The summed E-state index contributed by atoms with van der Waals surface area (Å²) >= 11 is 0. The van der Waals surface area contributed by atoms with E-state index in [0.29, 0.717) is 11.3 Å². The molecule has 0 saturated carbocycles. The molecular formula is C8H5O3. The molecule has 0 amide bonds. The van der Waals surface area contributed by atoms with Crippen LogP contribution in [0.5, 0.6) is 5.75 Å². The van der Waals surface area contributed by atoms with Crippen LogP contribution in [0.3, 0.4) is 0 Å². The molecule has 1 aromatic carbocycles. The summed E-state index contributed by atoms with van der Waals surface area (Å²) in [6.45, 7) is 0. The largest absolute Gasteiger partial charge is 0.424 e. The quantitative estimate of drug-likeness (QED) is 0.409. The number of carbonyl (C=O) groups excluding carboxylic acids is 1. The zero-order valence-electron chi connectivity index (χ0n) is 5.61. The number of hydrogen-bond donors (Lipinski definition) is 0. The molecule has 3 heteroatoms. The summed E-state index contributed by atoms with van der Waals surface area (Å²) in [7, 11) is 0. The van der Waals surface area contributed by atoms with Gasteiger partial charge in [0.15, 0.2) is 0 Å². The number of para-hydroxylation sites is 1. The molecule has 55 valence electrons. The van der Waals surface area contributed by atoms with Crippen LogP contribution >= 0.6 is 0 Å². The van der Waals surface area contributed by atoms with E-state index in [1.54, 1.807) is 24.3 Å². The van der Waals surface area contributed by atoms with E-state index in [2.05, 4.69) is 4.74 Å². The van der Waals surface area contributed by atoms with Crippen molar-refractivity contribution in [3.8, 4) is 5.75 Å². The standard InChI is InChI=1S/C8H5O3/c9-7-5-3-1-2-4-6(5)11-8(7)10/h1-4,7H. The molecule has 2 rings (SSSR count). The molecule has 1 aliphatic rings. The van der Waals surface area contributed by atoms with Crippen LogP contribution in [0.4, 0.5) is 0 Å². The Hall–Kier alpha value is -1.35. The summed E-state index contributed by atoms with van der Waals surface area (Å²) in [5.74, 6) is -0.302. The van der Waals surface area contributed by atoms with Gasteiger partial charge in [-0.25, -0.2) is 9.90 Å². The van der Waals surface area contributed by atoms with Gasteiger partial charge in [0.05, 0.1) is 0 Å². The van der Waals surface area contributed by atoms with Gasteiger partial charge < -0.3 is 4.74 Å². The van der Waals surface area contributed by atoms with Crippen molar-refractivity contribution in [3.63, 3.8) is 0 Å². The molecule has 1 heterocycles. The topological polar surface area (TPSA) is 46.2 Å². The van der Waals surface area contributed by atoms with Crippen LogP contribution in [0.1, 0.15) is 11.7 Å². The SMILES string of the molecule is [O]C1C(=O)Oc2ccccc21. The van der Waals surface area contributed by atoms with E-state index < -0.39 is 12.1 Å². The lowest BCUT2D eigenvalue weighted by Crippen LogP contribution is -2.07. The number of ether oxygens (including phenoxy) is 1. The first-order valence-electron chi connectivity index (χ1n) is 3.25. The summed E-state index contributed by atoms with van der Waals surface area (Å²) in [6, 6.07) is 6.67. The molecule has 1 atom stereocenters. The number of benzene rings is 1. The van der Waals surface area contributed by atoms with Crippen LogP contribution in [0.2, 0.25) is 0 Å². The van der Waals surface area contributed by atoms with Gasteiger partial charge in [0.2, 0.25) is 6.10 Å². The minimum atomic E-state index is -1.34. The molecule has 0 spiro atoms. The lowest BCUT2D eigenvalue weighted by Gasteiger charge is -1.92. The predicted molar refractivity (Wildman–Crippen MR) is 35.5 cm³/mol. The Morgan fingerprint density at radius 2 is 2.00 bits per heavy atom. The summed E-state index contributed by atoms with van der Waals surface area (Å²) in [6.07, 6.45) is -1.34. The number of esters is 1. The highest BCUT2D eigenvalue weighted by atomic mass is 16.6. The fraction of sp³-hybridized carbons (Fsp3) is 0.125. The fourth-order valence-electron chi connectivity index (χ4n) is 1.08. The van der Waals surface area contributed by atoms with Crippen molar-refractivity contribution < 1.29 is 14.6 Å². The first-order valence-corrected chi connectivity index (χ1v) is 3.25. The highest BCUT2D eigenvalue weighted by molar-refractivity contribution is 5.84. The Morgan fingerprint density at radius 1 is 1.27 bits per heavy atom. The number of hydrogen-bond acceptors (Lipinski definition) is 2. The minimum Gasteiger partial charge on any atom is -0.424 e. The lowest BCUT2D eigenvalue weighted by molar-refractivity contribution is -0.144. The van der Waals surface area contributed by atoms with Gasteiger partial charge in [-0.1, -0.05) is 18.2 Å². The first-order chi connectivity index (χ1) is 5.29. The number of carbonyl (C=O) groups is 1. The second kappa shape index (κ2) is 2.07. The van der Waals surface area contributed by atoms with Crippen LogP contribution in [-0.4, -0.2) is 5.97 Å². The third-order valence-corrected chi connectivity index (χ3v) is 1.63. The van der Waals surface area contributed by atoms with Crippen molar-refractivity contribution >= 4 is 5.97 Å². The maximum Gasteiger partial charge on any atom is 0.348 e. The summed E-state index contributed by atoms with van der Waals surface area (Å²) in [4.78, 5) is 10.7. The van der Waals surface area contributed by atoms with E-state index in [1.807, 2.05) is 0 Å². The van der Waals surface area contributed by atoms with Crippen molar-refractivity contribution in [2.45, 2.75) is 6.10 Å². The van der Waals surface area contributed by atoms with E-state index in [0.717, 1.165) is 0 Å². The van der Waals surface area contributed by atoms with Gasteiger partial charge in [-0.3, -0.25) is 0 Å². The van der Waals surface area contributed by atoms with E-state index in [4.69, 9.17) is 0 Å². The molecule has 0 N–H and O–H groups in total. The molecule has 1 unspecified atom stereocenters. The smallest absolute Gasteiger partial charge is 0.348 e. The van der Waals surface area contributed by atoms with Crippen LogP contribution < -0.4 is 4.74 Å². The highest BCUT2D eigenvalue weighted by Crippen LogP contribution is 2.32. The normalized spacial score (nSPS) is 21.2. The molecule has 0 fully saturated rings. The molecule has 1 aliphatic heterocycles. The Kier molecular flexibility index (Phi) is 1.20. The average molecular weight is 149 g/mol. The van der Waals surface area contributed by atoms with Gasteiger partial charge in [-0.2, -0.15) is 0 Å². The zero-order valence-corrected chi connectivity index (χ0v) is 5.61. The molecule has 3 nitrogen and oxygen atoms in total. The van der Waals surface area contributed by atoms with Crippen molar-refractivity contribution in [1.82, 2.24) is 0 Å². The lowest BCUT2D eigenvalue weighted by atomic mass is 10.1. The maximum absolute atomic E-state index is 11.0. The van der Waals surface area contributed by atoms with Crippen LogP contribution in [0.25, 0.3) is 0 Å². The number of rotatable bonds is 0. The van der Waals surface area contributed by atoms with Gasteiger partial charge in [0, 0.05) is 5.56 Å². The van der Waals surface area contributed by atoms with Crippen molar-refractivity contribution in [3.05, 3.63) is 29.8 Å². The Balaban J connectivity index is 2.55. The molecular weight excluding hydrogens is 144 g/mol. The highest BCUT2D eigenvalue weighted by Gasteiger charge is 2.31. The van der Waals surface area contributed by atoms with Gasteiger partial charge >= 0.3 is 5.97 Å². The Labute approximate surface area is 63.2 Å². The zero-order chi connectivity index (χ0) is 7.84. The molecule has 1 aromatic rings. The molecule has 11 heavy (non-hydrogen) atoms. The third kappa shape index (κ3) is 0.816. The molecule has 0 aromatic heterocycles. The van der Waals surface area contributed by atoms with E-state index in [-0.39, 0.29) is 0 Å². The Morgan fingerprint density at radius 3 is 2.73 bits per heavy atom. The summed E-state index contributed by atoms with van der Waals surface area (Å²) < 4.78 is 4.67. The average Bonchev–Trinajstić information content (AvgIpc) is 2.30. The summed E-state index contributed by atoms with van der Waals surface area (Å²) in [5.41, 5.74) is 0.442. The molecule has 0 bridgehead atoms. The van der Waals surface area contributed by atoms with E-state index in [9.17, 15) is 9.90 Å². The second-order valence-corrected chi connectivity index (χ2v) is 2.34. The monoisotopic (exact) mass is 149 g/mol. The second-order valence-electron chi connectivity index (χ2n) is 2.34. The van der Waals surface area contributed by atoms with Gasteiger partial charge in [-0.15, -0.1) is 0 Å². The van der Waals surface area contributed by atoms with Gasteiger partial charge in [0.25, 0.3) is 0 Å². The molecule has 0 saturated heterocycles. The fourth-order valence-corrected chi connectivity index (χ4v) is 1.08. The van der Waals surface area contributed by atoms with Crippen LogP contribution in [0.15, 0.2) is 24.3 Å². The van der Waals surface area contributed by atoms with E-state index in [1.165, 1.54) is 0 Å². The number of fused-ring (bicyclic) bond motifs is 1. The van der Waals surface area contributed by atoms with Crippen molar-refractivity contribution in [1.29, 1.82) is 0 Å². The first kappa shape index (κ1) is 6.37. The van der Waals surface area contributed by atoms with Crippen molar-refractivity contribution in [2.24, 2.45) is 0 Å². The Bertz CT molecular complexity index is 306. The van der Waals surface area contributed by atoms with Crippen LogP contribution in [-0.2, 0) is 9.90 Å². The summed E-state index contributed by atoms with van der Waals surface area (Å²) in [5, 5.41) is 11.0. The molecule has 0 aliphatic carbocycles. The van der Waals surface area contributed by atoms with Gasteiger partial charge in [0.1, 0.15) is 5.75 Å². The van der Waals surface area contributed by atoms with Crippen molar-refractivity contribution in [2.75, 3.05) is 0 Å². The predicted octanol–water partition coefficient (Wildman–Crippen LogP) is 1.08. The third-order valence-electron chi connectivity index (χ3n) is 1.63. The van der Waals surface area contributed by atoms with E-state index >= 15 is 0 Å². The molecule has 1 radical (unpaired) electrons. The van der Waals surface area contributed by atoms with Crippen LogP contribution in [0, 0.1) is 0 Å². The maximum atomic E-state index is 11.0. The minimum absolute atomic E-state index is 0.400. The van der Waals surface area contributed by atoms with Gasteiger partial charge in [-0.05, 0) is 6.07 Å².